The van der Waals surface area contributed by atoms with E-state index in [1.165, 1.54) is 5.56 Å². The highest BCUT2D eigenvalue weighted by molar-refractivity contribution is 9.10. The predicted molar refractivity (Wildman–Crippen MR) is 83.2 cm³/mol. The molecular weight excluding hydrogens is 302 g/mol. The van der Waals surface area contributed by atoms with Gasteiger partial charge in [-0.25, -0.2) is 4.98 Å². The second-order valence-corrected chi connectivity index (χ2v) is 5.79. The molecule has 19 heavy (non-hydrogen) atoms. The van der Waals surface area contributed by atoms with E-state index < -0.39 is 0 Å². The average molecular weight is 322 g/mol. The Morgan fingerprint density at radius 3 is 2.42 bits per heavy atom. The van der Waals surface area contributed by atoms with E-state index in [2.05, 4.69) is 76.0 Å². The lowest BCUT2D eigenvalue weighted by molar-refractivity contribution is 0.734. The Bertz CT molecular complexity index is 556. The quantitative estimate of drug-likeness (QED) is 0.930. The zero-order valence-electron chi connectivity index (χ0n) is 11.9. The Morgan fingerprint density at radius 1 is 1.26 bits per heavy atom. The molecule has 0 amide bonds. The van der Waals surface area contributed by atoms with Crippen molar-refractivity contribution in [1.82, 2.24) is 14.9 Å². The average Bonchev–Trinajstić information content (AvgIpc) is 2.67. The molecule has 0 atom stereocenters. The molecule has 0 fully saturated rings. The van der Waals surface area contributed by atoms with E-state index in [-0.39, 0.29) is 0 Å². The molecule has 0 saturated heterocycles. The number of hydrogen-bond acceptors (Lipinski definition) is 2. The summed E-state index contributed by atoms with van der Waals surface area (Å²) in [5, 5.41) is 3.16. The van der Waals surface area contributed by atoms with Crippen molar-refractivity contribution < 1.29 is 0 Å². The highest BCUT2D eigenvalue weighted by Gasteiger charge is 2.13. The molecule has 0 aliphatic heterocycles. The van der Waals surface area contributed by atoms with Crippen molar-refractivity contribution >= 4 is 15.9 Å². The largest absolute Gasteiger partial charge is 0.329 e. The van der Waals surface area contributed by atoms with Gasteiger partial charge in [-0.05, 0) is 34.5 Å². The monoisotopic (exact) mass is 321 g/mol. The number of halogens is 1. The van der Waals surface area contributed by atoms with Crippen molar-refractivity contribution in [3.8, 4) is 11.4 Å². The minimum atomic E-state index is 0.557. The topological polar surface area (TPSA) is 29.9 Å². The predicted octanol–water partition coefficient (Wildman–Crippen LogP) is 3.69. The summed E-state index contributed by atoms with van der Waals surface area (Å²) < 4.78 is 3.04. The fourth-order valence-corrected chi connectivity index (χ4v) is 2.71. The number of aromatic nitrogens is 2. The Balaban J connectivity index is 2.39. The van der Waals surface area contributed by atoms with E-state index in [4.69, 9.17) is 0 Å². The number of rotatable bonds is 4. The molecule has 0 aliphatic rings. The first-order valence-corrected chi connectivity index (χ1v) is 7.30. The molecule has 3 nitrogen and oxygen atoms in total. The maximum Gasteiger partial charge on any atom is 0.141 e. The van der Waals surface area contributed by atoms with Crippen LogP contribution in [0.15, 0.2) is 28.9 Å². The molecule has 2 aromatic rings. The van der Waals surface area contributed by atoms with Crippen molar-refractivity contribution in [2.24, 2.45) is 7.05 Å². The van der Waals surface area contributed by atoms with Crippen LogP contribution in [0.2, 0.25) is 0 Å². The van der Waals surface area contributed by atoms with Crippen molar-refractivity contribution in [2.75, 3.05) is 7.05 Å². The van der Waals surface area contributed by atoms with Crippen LogP contribution in [0.25, 0.3) is 11.4 Å². The fraction of sp³-hybridized carbons (Fsp3) is 0.400. The molecule has 0 unspecified atom stereocenters. The molecule has 0 bridgehead atoms. The third-order valence-corrected chi connectivity index (χ3v) is 3.98. The molecule has 0 radical (unpaired) electrons. The second kappa shape index (κ2) is 5.88. The third-order valence-electron chi connectivity index (χ3n) is 3.34. The van der Waals surface area contributed by atoms with Gasteiger partial charge in [0.2, 0.25) is 0 Å². The number of nitrogens with zero attached hydrogens (tertiary/aromatic N) is 2. The first kappa shape index (κ1) is 14.3. The zero-order chi connectivity index (χ0) is 14.0. The summed E-state index contributed by atoms with van der Waals surface area (Å²) >= 11 is 3.53. The zero-order valence-corrected chi connectivity index (χ0v) is 13.5. The van der Waals surface area contributed by atoms with Crippen molar-refractivity contribution in [2.45, 2.75) is 26.3 Å². The summed E-state index contributed by atoms with van der Waals surface area (Å²) in [6.07, 6.45) is 0. The first-order valence-electron chi connectivity index (χ1n) is 6.50. The molecule has 4 heteroatoms. The van der Waals surface area contributed by atoms with Crippen LogP contribution in [0.5, 0.6) is 0 Å². The lowest BCUT2D eigenvalue weighted by Gasteiger charge is -2.08. The molecule has 1 aromatic carbocycles. The molecule has 2 rings (SSSR count). The molecule has 0 aliphatic carbocycles. The van der Waals surface area contributed by atoms with Gasteiger partial charge < -0.3 is 9.88 Å². The van der Waals surface area contributed by atoms with Gasteiger partial charge in [0.25, 0.3) is 0 Å². The van der Waals surface area contributed by atoms with Gasteiger partial charge in [-0.15, -0.1) is 0 Å². The van der Waals surface area contributed by atoms with Gasteiger partial charge in [-0.2, -0.15) is 0 Å². The van der Waals surface area contributed by atoms with E-state index in [1.54, 1.807) is 0 Å². The summed E-state index contributed by atoms with van der Waals surface area (Å²) in [6.45, 7) is 5.21. The highest BCUT2D eigenvalue weighted by atomic mass is 79.9. The van der Waals surface area contributed by atoms with Crippen molar-refractivity contribution in [1.29, 1.82) is 0 Å². The molecule has 0 saturated carbocycles. The van der Waals surface area contributed by atoms with Gasteiger partial charge in [0, 0.05) is 19.2 Å². The summed E-state index contributed by atoms with van der Waals surface area (Å²) in [5.74, 6) is 1.55. The van der Waals surface area contributed by atoms with Crippen LogP contribution in [0.3, 0.4) is 0 Å². The van der Waals surface area contributed by atoms with Gasteiger partial charge in [-0.1, -0.05) is 38.1 Å². The Kier molecular flexibility index (Phi) is 4.42. The van der Waals surface area contributed by atoms with Crippen LogP contribution < -0.4 is 5.32 Å². The smallest absolute Gasteiger partial charge is 0.141 e. The van der Waals surface area contributed by atoms with Crippen LogP contribution in [0, 0.1) is 0 Å². The molecule has 1 aromatic heterocycles. The van der Waals surface area contributed by atoms with E-state index in [0.717, 1.165) is 28.2 Å². The van der Waals surface area contributed by atoms with Gasteiger partial charge in [0.1, 0.15) is 10.4 Å². The standard InChI is InChI=1S/C15H20BrN3/c1-10(2)11-5-7-12(8-6-11)15-18-14(16)13(9-17-3)19(15)4/h5-8,10,17H,9H2,1-4H3. The number of imidazole rings is 1. The van der Waals surface area contributed by atoms with Crippen LogP contribution in [0.4, 0.5) is 0 Å². The maximum absolute atomic E-state index is 4.61. The molecule has 102 valence electrons. The normalized spacial score (nSPS) is 11.3. The van der Waals surface area contributed by atoms with Crippen LogP contribution in [0.1, 0.15) is 31.0 Å². The Labute approximate surface area is 123 Å². The van der Waals surface area contributed by atoms with Crippen LogP contribution >= 0.6 is 15.9 Å². The van der Waals surface area contributed by atoms with E-state index in [0.29, 0.717) is 5.92 Å². The number of benzene rings is 1. The van der Waals surface area contributed by atoms with Crippen molar-refractivity contribution in [3.05, 3.63) is 40.1 Å². The molecule has 0 spiro atoms. The summed E-state index contributed by atoms with van der Waals surface area (Å²) in [6, 6.07) is 8.65. The molecular formula is C15H20BrN3. The van der Waals surface area contributed by atoms with E-state index >= 15 is 0 Å². The van der Waals surface area contributed by atoms with Crippen LogP contribution in [-0.4, -0.2) is 16.6 Å². The van der Waals surface area contributed by atoms with Gasteiger partial charge in [0.05, 0.1) is 5.69 Å². The lowest BCUT2D eigenvalue weighted by atomic mass is 10.0. The maximum atomic E-state index is 4.61. The molecule has 1 heterocycles. The third kappa shape index (κ3) is 2.90. The number of hydrogen-bond donors (Lipinski definition) is 1. The minimum Gasteiger partial charge on any atom is -0.329 e. The van der Waals surface area contributed by atoms with Gasteiger partial charge in [0.15, 0.2) is 0 Å². The molecule has 1 N–H and O–H groups in total. The lowest BCUT2D eigenvalue weighted by Crippen LogP contribution is -2.10. The summed E-state index contributed by atoms with van der Waals surface area (Å²) in [5.41, 5.74) is 3.66. The Hall–Kier alpha value is -1.13. The minimum absolute atomic E-state index is 0.557. The Morgan fingerprint density at radius 2 is 1.89 bits per heavy atom. The highest BCUT2D eigenvalue weighted by Crippen LogP contribution is 2.26. The SMILES string of the molecule is CNCc1c(Br)nc(-c2ccc(C(C)C)cc2)n1C. The van der Waals surface area contributed by atoms with Gasteiger partial charge >= 0.3 is 0 Å². The fourth-order valence-electron chi connectivity index (χ4n) is 2.13. The van der Waals surface area contributed by atoms with Crippen molar-refractivity contribution in [3.63, 3.8) is 0 Å². The van der Waals surface area contributed by atoms with E-state index in [1.807, 2.05) is 7.05 Å². The summed E-state index contributed by atoms with van der Waals surface area (Å²) in [7, 11) is 3.99. The van der Waals surface area contributed by atoms with E-state index in [9.17, 15) is 0 Å². The van der Waals surface area contributed by atoms with Gasteiger partial charge in [-0.3, -0.25) is 0 Å². The second-order valence-electron chi connectivity index (χ2n) is 5.04. The first-order chi connectivity index (χ1) is 9.04. The van der Waals surface area contributed by atoms with Crippen LogP contribution in [-0.2, 0) is 13.6 Å². The number of nitrogens with one attached hydrogen (secondary N) is 1. The summed E-state index contributed by atoms with van der Waals surface area (Å²) in [4.78, 5) is 4.61.